The van der Waals surface area contributed by atoms with Gasteiger partial charge in [-0.15, -0.1) is 0 Å². The van der Waals surface area contributed by atoms with Gasteiger partial charge in [-0.3, -0.25) is 0 Å². The van der Waals surface area contributed by atoms with E-state index >= 15 is 0 Å². The lowest BCUT2D eigenvalue weighted by molar-refractivity contribution is 0.754. The van der Waals surface area contributed by atoms with Gasteiger partial charge in [0.15, 0.2) is 0 Å². The lowest BCUT2D eigenvalue weighted by Gasteiger charge is -1.99. The third kappa shape index (κ3) is 2.75. The van der Waals surface area contributed by atoms with Crippen LogP contribution in [-0.4, -0.2) is 12.6 Å². The molecule has 2 aromatic carbocycles. The molecule has 0 saturated heterocycles. The van der Waals surface area contributed by atoms with Crippen LogP contribution in [0.3, 0.4) is 0 Å². The Morgan fingerprint density at radius 3 is 2.71 bits per heavy atom. The molecule has 2 aromatic rings. The molecular weight excluding hydrogens is 206 g/mol. The van der Waals surface area contributed by atoms with E-state index < -0.39 is 0 Å². The number of hydrogen-bond acceptors (Lipinski definition) is 1. The fourth-order valence-corrected chi connectivity index (χ4v) is 2.03. The van der Waals surface area contributed by atoms with E-state index in [0.29, 0.717) is 0 Å². The molecule has 1 aliphatic carbocycles. The lowest BCUT2D eigenvalue weighted by Crippen LogP contribution is -2.15. The van der Waals surface area contributed by atoms with Crippen molar-refractivity contribution < 1.29 is 0 Å². The van der Waals surface area contributed by atoms with Crippen molar-refractivity contribution in [2.45, 2.75) is 18.9 Å². The maximum absolute atomic E-state index is 3.48. The first-order chi connectivity index (χ1) is 8.42. The standard InChI is InChI=1S/C16H17N/c1-2-6-15-12-13(7-8-14(15)5-1)4-3-11-17-16-9-10-16/h1-8,12,16-17H,9-11H2. The third-order valence-electron chi connectivity index (χ3n) is 3.19. The highest BCUT2D eigenvalue weighted by atomic mass is 14.9. The normalized spacial score (nSPS) is 15.8. The SMILES string of the molecule is C(=Cc1ccc2ccccc2c1)CNC1CC1. The minimum Gasteiger partial charge on any atom is -0.311 e. The van der Waals surface area contributed by atoms with Crippen LogP contribution < -0.4 is 5.32 Å². The van der Waals surface area contributed by atoms with E-state index in [9.17, 15) is 0 Å². The average molecular weight is 223 g/mol. The second-order valence-corrected chi connectivity index (χ2v) is 4.69. The van der Waals surface area contributed by atoms with Crippen LogP contribution in [-0.2, 0) is 0 Å². The molecule has 0 atom stereocenters. The average Bonchev–Trinajstić information content (AvgIpc) is 3.18. The summed E-state index contributed by atoms with van der Waals surface area (Å²) in [4.78, 5) is 0. The Balaban J connectivity index is 1.71. The van der Waals surface area contributed by atoms with E-state index in [1.165, 1.54) is 29.2 Å². The summed E-state index contributed by atoms with van der Waals surface area (Å²) >= 11 is 0. The van der Waals surface area contributed by atoms with Crippen LogP contribution >= 0.6 is 0 Å². The van der Waals surface area contributed by atoms with Crippen molar-refractivity contribution in [1.82, 2.24) is 5.32 Å². The second-order valence-electron chi connectivity index (χ2n) is 4.69. The summed E-state index contributed by atoms with van der Waals surface area (Å²) in [6.07, 6.45) is 7.11. The Morgan fingerprint density at radius 2 is 1.88 bits per heavy atom. The summed E-state index contributed by atoms with van der Waals surface area (Å²) in [7, 11) is 0. The molecule has 0 radical (unpaired) electrons. The number of fused-ring (bicyclic) bond motifs is 1. The van der Waals surface area contributed by atoms with Gasteiger partial charge in [-0.05, 0) is 35.2 Å². The molecule has 0 aromatic heterocycles. The molecule has 0 bridgehead atoms. The van der Waals surface area contributed by atoms with Crippen molar-refractivity contribution in [3.63, 3.8) is 0 Å². The van der Waals surface area contributed by atoms with Gasteiger partial charge in [0.1, 0.15) is 0 Å². The van der Waals surface area contributed by atoms with Crippen LogP contribution in [0.5, 0.6) is 0 Å². The fourth-order valence-electron chi connectivity index (χ4n) is 2.03. The van der Waals surface area contributed by atoms with Gasteiger partial charge in [0, 0.05) is 12.6 Å². The van der Waals surface area contributed by atoms with E-state index in [2.05, 4.69) is 59.9 Å². The topological polar surface area (TPSA) is 12.0 Å². The Labute approximate surface area is 102 Å². The molecule has 1 saturated carbocycles. The van der Waals surface area contributed by atoms with Gasteiger partial charge in [0.2, 0.25) is 0 Å². The minimum absolute atomic E-state index is 0.788. The Hall–Kier alpha value is -1.60. The van der Waals surface area contributed by atoms with Crippen molar-refractivity contribution in [2.75, 3.05) is 6.54 Å². The molecule has 0 spiro atoms. The molecular formula is C16H17N. The van der Waals surface area contributed by atoms with Crippen LogP contribution in [0.1, 0.15) is 18.4 Å². The Kier molecular flexibility index (Phi) is 2.93. The van der Waals surface area contributed by atoms with Crippen LogP contribution in [0.15, 0.2) is 48.5 Å². The highest BCUT2D eigenvalue weighted by molar-refractivity contribution is 5.84. The molecule has 1 heteroatoms. The van der Waals surface area contributed by atoms with Crippen molar-refractivity contribution in [1.29, 1.82) is 0 Å². The monoisotopic (exact) mass is 223 g/mol. The first-order valence-corrected chi connectivity index (χ1v) is 6.30. The van der Waals surface area contributed by atoms with E-state index in [1.54, 1.807) is 0 Å². The highest BCUT2D eigenvalue weighted by Crippen LogP contribution is 2.18. The third-order valence-corrected chi connectivity index (χ3v) is 3.19. The minimum atomic E-state index is 0.788. The molecule has 0 heterocycles. The van der Waals surface area contributed by atoms with Crippen molar-refractivity contribution >= 4 is 16.8 Å². The Bertz CT molecular complexity index is 538. The van der Waals surface area contributed by atoms with Gasteiger partial charge < -0.3 is 5.32 Å². The number of hydrogen-bond donors (Lipinski definition) is 1. The predicted molar refractivity (Wildman–Crippen MR) is 74.0 cm³/mol. The van der Waals surface area contributed by atoms with Gasteiger partial charge in [-0.1, -0.05) is 48.6 Å². The number of rotatable bonds is 4. The molecule has 1 N–H and O–H groups in total. The molecule has 0 aliphatic heterocycles. The van der Waals surface area contributed by atoms with E-state index in [1.807, 2.05) is 0 Å². The molecule has 1 fully saturated rings. The zero-order valence-corrected chi connectivity index (χ0v) is 9.89. The zero-order chi connectivity index (χ0) is 11.5. The van der Waals surface area contributed by atoms with Crippen molar-refractivity contribution in [3.8, 4) is 0 Å². The second kappa shape index (κ2) is 4.72. The summed E-state index contributed by atoms with van der Waals surface area (Å²) in [5, 5.41) is 6.09. The maximum Gasteiger partial charge on any atom is 0.0140 e. The van der Waals surface area contributed by atoms with E-state index in [-0.39, 0.29) is 0 Å². The molecule has 0 unspecified atom stereocenters. The summed E-state index contributed by atoms with van der Waals surface area (Å²) in [5.41, 5.74) is 1.28. The summed E-state index contributed by atoms with van der Waals surface area (Å²) in [6, 6.07) is 15.9. The summed E-state index contributed by atoms with van der Waals surface area (Å²) in [6.45, 7) is 0.984. The molecule has 0 amide bonds. The molecule has 17 heavy (non-hydrogen) atoms. The smallest absolute Gasteiger partial charge is 0.0140 e. The van der Waals surface area contributed by atoms with Crippen LogP contribution in [0.4, 0.5) is 0 Å². The van der Waals surface area contributed by atoms with E-state index in [0.717, 1.165) is 12.6 Å². The zero-order valence-electron chi connectivity index (χ0n) is 9.89. The number of benzene rings is 2. The van der Waals surface area contributed by atoms with Crippen LogP contribution in [0.25, 0.3) is 16.8 Å². The Morgan fingerprint density at radius 1 is 1.06 bits per heavy atom. The van der Waals surface area contributed by atoms with Crippen molar-refractivity contribution in [2.24, 2.45) is 0 Å². The molecule has 3 rings (SSSR count). The maximum atomic E-state index is 3.48. The summed E-state index contributed by atoms with van der Waals surface area (Å²) < 4.78 is 0. The highest BCUT2D eigenvalue weighted by Gasteiger charge is 2.18. The first-order valence-electron chi connectivity index (χ1n) is 6.30. The van der Waals surface area contributed by atoms with Crippen LogP contribution in [0, 0.1) is 0 Å². The van der Waals surface area contributed by atoms with Gasteiger partial charge in [-0.25, -0.2) is 0 Å². The van der Waals surface area contributed by atoms with Gasteiger partial charge in [-0.2, -0.15) is 0 Å². The first kappa shape index (κ1) is 10.5. The fraction of sp³-hybridized carbons (Fsp3) is 0.250. The lowest BCUT2D eigenvalue weighted by atomic mass is 10.1. The molecule has 86 valence electrons. The van der Waals surface area contributed by atoms with E-state index in [4.69, 9.17) is 0 Å². The van der Waals surface area contributed by atoms with Gasteiger partial charge in [0.25, 0.3) is 0 Å². The van der Waals surface area contributed by atoms with Crippen LogP contribution in [0.2, 0.25) is 0 Å². The quantitative estimate of drug-likeness (QED) is 0.835. The molecule has 1 nitrogen and oxygen atoms in total. The predicted octanol–water partition coefficient (Wildman–Crippen LogP) is 3.61. The summed E-state index contributed by atoms with van der Waals surface area (Å²) in [5.74, 6) is 0. The van der Waals surface area contributed by atoms with Gasteiger partial charge in [0.05, 0.1) is 0 Å². The van der Waals surface area contributed by atoms with Gasteiger partial charge >= 0.3 is 0 Å². The largest absolute Gasteiger partial charge is 0.311 e. The molecule has 1 aliphatic rings. The number of nitrogens with one attached hydrogen (secondary N) is 1. The van der Waals surface area contributed by atoms with Crippen molar-refractivity contribution in [3.05, 3.63) is 54.1 Å².